The zero-order chi connectivity index (χ0) is 12.4. The molecule has 1 aromatic carbocycles. The van der Waals surface area contributed by atoms with Gasteiger partial charge < -0.3 is 19.9 Å². The van der Waals surface area contributed by atoms with Crippen LogP contribution in [0.5, 0.6) is 11.5 Å². The monoisotopic (exact) mass is 301 g/mol. The summed E-state index contributed by atoms with van der Waals surface area (Å²) in [5, 5.41) is 13.1. The average Bonchev–Trinajstić information content (AvgIpc) is 2.78. The molecule has 2 rings (SSSR count). The van der Waals surface area contributed by atoms with E-state index in [1.165, 1.54) is 0 Å². The van der Waals surface area contributed by atoms with Gasteiger partial charge in [-0.2, -0.15) is 0 Å². The molecule has 1 atom stereocenters. The van der Waals surface area contributed by atoms with Crippen LogP contribution in [-0.4, -0.2) is 25.5 Å². The van der Waals surface area contributed by atoms with Gasteiger partial charge in [0.25, 0.3) is 0 Å². The van der Waals surface area contributed by atoms with E-state index in [0.717, 1.165) is 33.5 Å². The molecule has 94 valence electrons. The quantitative estimate of drug-likeness (QED) is 0.893. The van der Waals surface area contributed by atoms with Crippen molar-refractivity contribution in [3.8, 4) is 11.5 Å². The minimum atomic E-state index is -0.541. The smallest absolute Gasteiger partial charge is 0.231 e. The van der Waals surface area contributed by atoms with Gasteiger partial charge in [0, 0.05) is 12.1 Å². The minimum Gasteiger partial charge on any atom is -0.453 e. The van der Waals surface area contributed by atoms with E-state index in [9.17, 15) is 5.11 Å². The van der Waals surface area contributed by atoms with Crippen molar-refractivity contribution in [2.45, 2.75) is 19.4 Å². The Morgan fingerprint density at radius 2 is 2.18 bits per heavy atom. The van der Waals surface area contributed by atoms with Crippen molar-refractivity contribution in [2.75, 3.05) is 20.4 Å². The molecule has 0 saturated heterocycles. The first-order chi connectivity index (χ1) is 8.19. The second-order valence-corrected chi connectivity index (χ2v) is 4.77. The lowest BCUT2D eigenvalue weighted by Gasteiger charge is -2.17. The van der Waals surface area contributed by atoms with Gasteiger partial charge in [0.2, 0.25) is 6.79 Å². The Balaban J connectivity index is 2.48. The highest BCUT2D eigenvalue weighted by atomic mass is 79.9. The highest BCUT2D eigenvalue weighted by Crippen LogP contribution is 2.45. The molecule has 1 aliphatic rings. The van der Waals surface area contributed by atoms with Crippen LogP contribution in [0.2, 0.25) is 0 Å². The number of benzene rings is 1. The molecule has 0 bridgehead atoms. The van der Waals surface area contributed by atoms with Crippen molar-refractivity contribution < 1.29 is 14.6 Å². The fourth-order valence-electron chi connectivity index (χ4n) is 2.07. The lowest BCUT2D eigenvalue weighted by molar-refractivity contribution is 0.169. The van der Waals surface area contributed by atoms with Gasteiger partial charge in [-0.05, 0) is 41.0 Å². The van der Waals surface area contributed by atoms with Crippen molar-refractivity contribution in [1.82, 2.24) is 5.32 Å². The van der Waals surface area contributed by atoms with Gasteiger partial charge in [0.1, 0.15) is 0 Å². The predicted octanol–water partition coefficient (Wildman–Crippen LogP) is 1.99. The van der Waals surface area contributed by atoms with Gasteiger partial charge in [-0.25, -0.2) is 0 Å². The third-order valence-corrected chi connectivity index (χ3v) is 3.43. The molecule has 1 aliphatic heterocycles. The second-order valence-electron chi connectivity index (χ2n) is 3.92. The normalized spacial score (nSPS) is 15.1. The molecule has 17 heavy (non-hydrogen) atoms. The fourth-order valence-corrected chi connectivity index (χ4v) is 2.61. The maximum absolute atomic E-state index is 10.1. The molecule has 5 heteroatoms. The van der Waals surface area contributed by atoms with E-state index in [2.05, 4.69) is 21.2 Å². The van der Waals surface area contributed by atoms with Crippen LogP contribution in [0.3, 0.4) is 0 Å². The van der Waals surface area contributed by atoms with E-state index in [0.29, 0.717) is 6.54 Å². The molecule has 0 amide bonds. The van der Waals surface area contributed by atoms with Gasteiger partial charge in [-0.3, -0.25) is 0 Å². The average molecular weight is 302 g/mol. The highest BCUT2D eigenvalue weighted by molar-refractivity contribution is 9.10. The minimum absolute atomic E-state index is 0.243. The molecule has 0 fully saturated rings. The number of hydrogen-bond donors (Lipinski definition) is 2. The van der Waals surface area contributed by atoms with Gasteiger partial charge in [0.15, 0.2) is 11.5 Å². The summed E-state index contributed by atoms with van der Waals surface area (Å²) >= 11 is 3.44. The standard InChI is InChI=1S/C12H16BrNO3/c1-3-7-8(10(15)5-14-2)4-9(13)12-11(7)16-6-17-12/h4,10,14-15H,3,5-6H2,1-2H3. The van der Waals surface area contributed by atoms with Gasteiger partial charge in [0.05, 0.1) is 10.6 Å². The molecular formula is C12H16BrNO3. The summed E-state index contributed by atoms with van der Waals surface area (Å²) in [6.07, 6.45) is 0.260. The molecular weight excluding hydrogens is 286 g/mol. The zero-order valence-electron chi connectivity index (χ0n) is 9.92. The number of nitrogens with one attached hydrogen (secondary N) is 1. The molecule has 4 nitrogen and oxygen atoms in total. The van der Waals surface area contributed by atoms with Gasteiger partial charge in [-0.1, -0.05) is 6.92 Å². The highest BCUT2D eigenvalue weighted by Gasteiger charge is 2.25. The van der Waals surface area contributed by atoms with Crippen LogP contribution >= 0.6 is 15.9 Å². The van der Waals surface area contributed by atoms with E-state index >= 15 is 0 Å². The first-order valence-electron chi connectivity index (χ1n) is 5.62. The number of fused-ring (bicyclic) bond motifs is 1. The van der Waals surface area contributed by atoms with Crippen LogP contribution in [0.1, 0.15) is 24.2 Å². The third kappa shape index (κ3) is 2.27. The maximum atomic E-state index is 10.1. The molecule has 1 unspecified atom stereocenters. The Labute approximate surface area is 109 Å². The zero-order valence-corrected chi connectivity index (χ0v) is 11.5. The van der Waals surface area contributed by atoms with E-state index in [1.54, 1.807) is 0 Å². The second kappa shape index (κ2) is 5.25. The molecule has 0 aromatic heterocycles. The lowest BCUT2D eigenvalue weighted by Crippen LogP contribution is -2.18. The van der Waals surface area contributed by atoms with Gasteiger partial charge >= 0.3 is 0 Å². The molecule has 1 heterocycles. The van der Waals surface area contributed by atoms with Crippen LogP contribution in [0.25, 0.3) is 0 Å². The molecule has 2 N–H and O–H groups in total. The Kier molecular flexibility index (Phi) is 3.91. The van der Waals surface area contributed by atoms with Crippen molar-refractivity contribution >= 4 is 15.9 Å². The first kappa shape index (κ1) is 12.7. The van der Waals surface area contributed by atoms with Crippen LogP contribution in [-0.2, 0) is 6.42 Å². The third-order valence-electron chi connectivity index (χ3n) is 2.84. The van der Waals surface area contributed by atoms with Crippen LogP contribution in [0.15, 0.2) is 10.5 Å². The van der Waals surface area contributed by atoms with Crippen LogP contribution < -0.4 is 14.8 Å². The predicted molar refractivity (Wildman–Crippen MR) is 68.5 cm³/mol. The number of hydrogen-bond acceptors (Lipinski definition) is 4. The fraction of sp³-hybridized carbons (Fsp3) is 0.500. The molecule has 1 aromatic rings. The maximum Gasteiger partial charge on any atom is 0.231 e. The Hall–Kier alpha value is -0.780. The van der Waals surface area contributed by atoms with Crippen molar-refractivity contribution in [3.63, 3.8) is 0 Å². The van der Waals surface area contributed by atoms with E-state index in [4.69, 9.17) is 9.47 Å². The Morgan fingerprint density at radius 1 is 1.47 bits per heavy atom. The largest absolute Gasteiger partial charge is 0.453 e. The molecule has 0 radical (unpaired) electrons. The Morgan fingerprint density at radius 3 is 2.82 bits per heavy atom. The summed E-state index contributed by atoms with van der Waals surface area (Å²) in [6, 6.07) is 1.91. The van der Waals surface area contributed by atoms with Crippen molar-refractivity contribution in [2.24, 2.45) is 0 Å². The summed E-state index contributed by atoms with van der Waals surface area (Å²) in [7, 11) is 1.82. The lowest BCUT2D eigenvalue weighted by atomic mass is 9.98. The summed E-state index contributed by atoms with van der Waals surface area (Å²) in [5.74, 6) is 1.49. The first-order valence-corrected chi connectivity index (χ1v) is 6.41. The summed E-state index contributed by atoms with van der Waals surface area (Å²) in [4.78, 5) is 0. The summed E-state index contributed by atoms with van der Waals surface area (Å²) in [6.45, 7) is 2.80. The van der Waals surface area contributed by atoms with Crippen LogP contribution in [0.4, 0.5) is 0 Å². The summed E-state index contributed by atoms with van der Waals surface area (Å²) in [5.41, 5.74) is 1.90. The summed E-state index contributed by atoms with van der Waals surface area (Å²) < 4.78 is 11.7. The number of aliphatic hydroxyl groups excluding tert-OH is 1. The number of halogens is 1. The van der Waals surface area contributed by atoms with Gasteiger partial charge in [-0.15, -0.1) is 0 Å². The number of rotatable bonds is 4. The van der Waals surface area contributed by atoms with Crippen molar-refractivity contribution in [1.29, 1.82) is 0 Å². The molecule has 0 aliphatic carbocycles. The van der Waals surface area contributed by atoms with E-state index in [1.807, 2.05) is 20.0 Å². The van der Waals surface area contributed by atoms with Crippen molar-refractivity contribution in [3.05, 3.63) is 21.7 Å². The SMILES string of the molecule is CCc1c(C(O)CNC)cc(Br)c2c1OCO2. The topological polar surface area (TPSA) is 50.7 Å². The number of ether oxygens (including phenoxy) is 2. The number of likely N-dealkylation sites (N-methyl/N-ethyl adjacent to an activating group) is 1. The van der Waals surface area contributed by atoms with Crippen LogP contribution in [0, 0.1) is 0 Å². The van der Waals surface area contributed by atoms with E-state index in [-0.39, 0.29) is 6.79 Å². The molecule has 0 saturated carbocycles. The number of aliphatic hydroxyl groups is 1. The van der Waals surface area contributed by atoms with E-state index < -0.39 is 6.10 Å². The molecule has 0 spiro atoms. The Bertz CT molecular complexity index is 423.